The Balaban J connectivity index is 2.62. The largest absolute Gasteiger partial charge is 0.214 e. The van der Waals surface area contributed by atoms with Crippen molar-refractivity contribution in [3.63, 3.8) is 0 Å². The van der Waals surface area contributed by atoms with Crippen molar-refractivity contribution in [1.29, 1.82) is 0 Å². The zero-order chi connectivity index (χ0) is 13.6. The molecule has 0 radical (unpaired) electrons. The van der Waals surface area contributed by atoms with E-state index >= 15 is 0 Å². The second-order valence-electron chi connectivity index (χ2n) is 5.53. The maximum atomic E-state index is 12.5. The zero-order valence-corrected chi connectivity index (χ0v) is 14.0. The molecule has 0 unspecified atom stereocenters. The molecule has 0 aliphatic heterocycles. The van der Waals surface area contributed by atoms with Gasteiger partial charge in [0, 0.05) is 17.9 Å². The highest BCUT2D eigenvalue weighted by Gasteiger charge is 2.28. The van der Waals surface area contributed by atoms with Crippen LogP contribution in [0.4, 0.5) is 0 Å². The van der Waals surface area contributed by atoms with Crippen LogP contribution in [0.3, 0.4) is 0 Å². The Labute approximate surface area is 121 Å². The van der Waals surface area contributed by atoms with Gasteiger partial charge in [-0.25, -0.2) is 8.42 Å². The summed E-state index contributed by atoms with van der Waals surface area (Å²) in [6.07, 6.45) is 6.72. The summed E-state index contributed by atoms with van der Waals surface area (Å²) in [5.74, 6) is 0.738. The summed E-state index contributed by atoms with van der Waals surface area (Å²) in [6.45, 7) is 4.57. The van der Waals surface area contributed by atoms with Crippen molar-refractivity contribution in [2.24, 2.45) is 5.92 Å². The molecule has 1 rings (SSSR count). The highest BCUT2D eigenvalue weighted by molar-refractivity contribution is 9.09. The molecule has 0 N–H and O–H groups in total. The lowest BCUT2D eigenvalue weighted by molar-refractivity contribution is 0.337. The Hall–Kier alpha value is 0.390. The summed E-state index contributed by atoms with van der Waals surface area (Å²) >= 11 is 3.37. The van der Waals surface area contributed by atoms with Crippen molar-refractivity contribution >= 4 is 26.0 Å². The average Bonchev–Trinajstić information content (AvgIpc) is 2.29. The van der Waals surface area contributed by atoms with Gasteiger partial charge in [-0.2, -0.15) is 4.31 Å². The molecule has 0 heterocycles. The van der Waals surface area contributed by atoms with Gasteiger partial charge in [-0.3, -0.25) is 0 Å². The molecule has 1 aliphatic carbocycles. The second kappa shape index (κ2) is 7.85. The summed E-state index contributed by atoms with van der Waals surface area (Å²) in [7, 11) is -3.08. The fourth-order valence-corrected chi connectivity index (χ4v) is 5.10. The maximum absolute atomic E-state index is 12.5. The molecule has 3 nitrogen and oxygen atoms in total. The van der Waals surface area contributed by atoms with E-state index < -0.39 is 10.0 Å². The first-order valence-electron chi connectivity index (χ1n) is 7.03. The first-order chi connectivity index (χ1) is 8.47. The van der Waals surface area contributed by atoms with E-state index in [2.05, 4.69) is 15.9 Å². The van der Waals surface area contributed by atoms with Crippen LogP contribution in [-0.4, -0.2) is 36.4 Å². The smallest absolute Gasteiger partial charge is 0.212 e. The Kier molecular flexibility index (Phi) is 7.17. The number of rotatable bonds is 7. The molecule has 0 amide bonds. The molecule has 0 aromatic heterocycles. The Morgan fingerprint density at radius 1 is 1.22 bits per heavy atom. The van der Waals surface area contributed by atoms with Crippen molar-refractivity contribution in [2.45, 2.75) is 58.4 Å². The van der Waals surface area contributed by atoms with Crippen molar-refractivity contribution in [3.8, 4) is 0 Å². The number of alkyl halides is 1. The van der Waals surface area contributed by atoms with E-state index in [9.17, 15) is 8.42 Å². The van der Waals surface area contributed by atoms with Crippen molar-refractivity contribution in [1.82, 2.24) is 4.31 Å². The van der Waals surface area contributed by atoms with Gasteiger partial charge in [-0.15, -0.1) is 0 Å². The van der Waals surface area contributed by atoms with E-state index in [0.29, 0.717) is 18.2 Å². The van der Waals surface area contributed by atoms with Crippen LogP contribution < -0.4 is 0 Å². The lowest BCUT2D eigenvalue weighted by Crippen LogP contribution is -2.41. The van der Waals surface area contributed by atoms with Crippen LogP contribution in [0.15, 0.2) is 0 Å². The molecule has 0 bridgehead atoms. The first kappa shape index (κ1) is 16.4. The molecule has 0 spiro atoms. The van der Waals surface area contributed by atoms with Gasteiger partial charge in [0.25, 0.3) is 0 Å². The quantitative estimate of drug-likeness (QED) is 0.666. The van der Waals surface area contributed by atoms with E-state index in [1.54, 1.807) is 4.31 Å². The van der Waals surface area contributed by atoms with E-state index in [0.717, 1.165) is 24.6 Å². The topological polar surface area (TPSA) is 37.4 Å². The molecule has 1 fully saturated rings. The Morgan fingerprint density at radius 2 is 1.83 bits per heavy atom. The number of sulfonamides is 1. The van der Waals surface area contributed by atoms with Crippen molar-refractivity contribution in [2.75, 3.05) is 17.6 Å². The molecular formula is C13H26BrNO2S. The SMILES string of the molecule is CC(C)N(CCCBr)S(=O)(=O)CC1CCCCC1. The average molecular weight is 340 g/mol. The summed E-state index contributed by atoms with van der Waals surface area (Å²) in [4.78, 5) is 0. The van der Waals surface area contributed by atoms with Gasteiger partial charge >= 0.3 is 0 Å². The van der Waals surface area contributed by atoms with E-state index in [1.807, 2.05) is 13.8 Å². The Morgan fingerprint density at radius 3 is 2.33 bits per heavy atom. The van der Waals surface area contributed by atoms with E-state index in [4.69, 9.17) is 0 Å². The minimum atomic E-state index is -3.08. The lowest BCUT2D eigenvalue weighted by atomic mass is 9.91. The molecule has 108 valence electrons. The van der Waals surface area contributed by atoms with Crippen molar-refractivity contribution < 1.29 is 8.42 Å². The van der Waals surface area contributed by atoms with Crippen LogP contribution in [0.1, 0.15) is 52.4 Å². The highest BCUT2D eigenvalue weighted by Crippen LogP contribution is 2.26. The summed E-state index contributed by atoms with van der Waals surface area (Å²) in [6, 6.07) is 0.0673. The maximum Gasteiger partial charge on any atom is 0.214 e. The normalized spacial score (nSPS) is 18.7. The van der Waals surface area contributed by atoms with Gasteiger partial charge in [0.15, 0.2) is 0 Å². The molecule has 0 aromatic rings. The third kappa shape index (κ3) is 5.17. The Bertz CT molecular complexity index is 324. The zero-order valence-electron chi connectivity index (χ0n) is 11.6. The molecule has 0 atom stereocenters. The number of hydrogen-bond donors (Lipinski definition) is 0. The van der Waals surface area contributed by atoms with Gasteiger partial charge in [0.1, 0.15) is 0 Å². The fraction of sp³-hybridized carbons (Fsp3) is 1.00. The highest BCUT2D eigenvalue weighted by atomic mass is 79.9. The predicted octanol–water partition coefficient (Wildman–Crippen LogP) is 3.39. The summed E-state index contributed by atoms with van der Waals surface area (Å²) < 4.78 is 26.6. The number of hydrogen-bond acceptors (Lipinski definition) is 2. The predicted molar refractivity (Wildman–Crippen MR) is 80.6 cm³/mol. The number of halogens is 1. The fourth-order valence-electron chi connectivity index (χ4n) is 2.68. The molecule has 18 heavy (non-hydrogen) atoms. The van der Waals surface area contributed by atoms with Crippen LogP contribution in [0.2, 0.25) is 0 Å². The third-order valence-corrected chi connectivity index (χ3v) is 6.39. The van der Waals surface area contributed by atoms with Crippen LogP contribution in [0.5, 0.6) is 0 Å². The molecular weight excluding hydrogens is 314 g/mol. The van der Waals surface area contributed by atoms with Gasteiger partial charge in [-0.1, -0.05) is 35.2 Å². The lowest BCUT2D eigenvalue weighted by Gasteiger charge is -2.29. The van der Waals surface area contributed by atoms with E-state index in [-0.39, 0.29) is 6.04 Å². The molecule has 1 aliphatic rings. The van der Waals surface area contributed by atoms with Crippen LogP contribution in [0, 0.1) is 5.92 Å². The molecule has 1 saturated carbocycles. The molecule has 0 aromatic carbocycles. The second-order valence-corrected chi connectivity index (χ2v) is 8.29. The van der Waals surface area contributed by atoms with Gasteiger partial charge < -0.3 is 0 Å². The monoisotopic (exact) mass is 339 g/mol. The standard InChI is InChI=1S/C13H26BrNO2S/c1-12(2)15(10-6-9-14)18(16,17)11-13-7-4-3-5-8-13/h12-13H,3-11H2,1-2H3. The van der Waals surface area contributed by atoms with Gasteiger partial charge in [0.05, 0.1) is 5.75 Å². The van der Waals surface area contributed by atoms with Crippen LogP contribution in [-0.2, 0) is 10.0 Å². The minimum absolute atomic E-state index is 0.0673. The third-order valence-electron chi connectivity index (χ3n) is 3.62. The summed E-state index contributed by atoms with van der Waals surface area (Å²) in [5, 5.41) is 0.856. The van der Waals surface area contributed by atoms with Crippen LogP contribution >= 0.6 is 15.9 Å². The molecule has 5 heteroatoms. The minimum Gasteiger partial charge on any atom is -0.212 e. The first-order valence-corrected chi connectivity index (χ1v) is 9.76. The van der Waals surface area contributed by atoms with E-state index in [1.165, 1.54) is 19.3 Å². The summed E-state index contributed by atoms with van der Waals surface area (Å²) in [5.41, 5.74) is 0. The van der Waals surface area contributed by atoms with Gasteiger partial charge in [0.2, 0.25) is 10.0 Å². The number of nitrogens with zero attached hydrogens (tertiary/aromatic N) is 1. The van der Waals surface area contributed by atoms with Gasteiger partial charge in [-0.05, 0) is 39.0 Å². The van der Waals surface area contributed by atoms with Crippen LogP contribution in [0.25, 0.3) is 0 Å². The molecule has 0 saturated heterocycles. The van der Waals surface area contributed by atoms with Crippen molar-refractivity contribution in [3.05, 3.63) is 0 Å².